The van der Waals surface area contributed by atoms with E-state index in [0.29, 0.717) is 51.2 Å². The third kappa shape index (κ3) is 9.36. The highest BCUT2D eigenvalue weighted by Gasteiger charge is 2.28. The largest absolute Gasteiger partial charge is 0.489 e. The van der Waals surface area contributed by atoms with E-state index in [0.717, 1.165) is 51.3 Å². The molecule has 0 unspecified atom stereocenters. The molecule has 0 spiro atoms. The van der Waals surface area contributed by atoms with Crippen LogP contribution in [0.25, 0.3) is 0 Å². The van der Waals surface area contributed by atoms with Crippen molar-refractivity contribution < 1.29 is 33.6 Å². The number of ether oxygens (including phenoxy) is 4. The standard InChI is InChI=1S/C27H43N3O7/c1-27(2,3)37-26(33)30-13-11-28(12-14-30)20-21-7-9-29(10-8-21)23-6-5-22(25(31)32)19-24(23)36-18-17-35-16-15-34-4/h5-6,19,21H,7-18,20H2,1-4H3,(H,31,32). The van der Waals surface area contributed by atoms with Crippen molar-refractivity contribution in [3.05, 3.63) is 23.8 Å². The maximum Gasteiger partial charge on any atom is 0.410 e. The first-order chi connectivity index (χ1) is 17.7. The molecule has 0 bridgehead atoms. The van der Waals surface area contributed by atoms with Gasteiger partial charge >= 0.3 is 12.1 Å². The smallest absolute Gasteiger partial charge is 0.410 e. The van der Waals surface area contributed by atoms with Crippen molar-refractivity contribution in [1.82, 2.24) is 9.80 Å². The number of carboxylic acids is 1. The van der Waals surface area contributed by atoms with Gasteiger partial charge in [0.25, 0.3) is 0 Å². The first-order valence-electron chi connectivity index (χ1n) is 13.2. The predicted octanol–water partition coefficient (Wildman–Crippen LogP) is 3.20. The van der Waals surface area contributed by atoms with Crippen LogP contribution in [0.15, 0.2) is 18.2 Å². The molecule has 2 fully saturated rings. The maximum atomic E-state index is 12.3. The van der Waals surface area contributed by atoms with E-state index in [2.05, 4.69) is 9.80 Å². The third-order valence-electron chi connectivity index (χ3n) is 6.62. The van der Waals surface area contributed by atoms with Gasteiger partial charge in [0.1, 0.15) is 18.0 Å². The molecule has 0 aliphatic carbocycles. The van der Waals surface area contributed by atoms with Crippen molar-refractivity contribution in [3.63, 3.8) is 0 Å². The number of nitrogens with zero attached hydrogens (tertiary/aromatic N) is 3. The predicted molar refractivity (Wildman–Crippen MR) is 141 cm³/mol. The van der Waals surface area contributed by atoms with E-state index < -0.39 is 11.6 Å². The summed E-state index contributed by atoms with van der Waals surface area (Å²) in [5.74, 6) is 0.186. The Bertz CT molecular complexity index is 873. The topological polar surface area (TPSA) is 101 Å². The zero-order valence-corrected chi connectivity index (χ0v) is 22.7. The van der Waals surface area contributed by atoms with E-state index in [1.165, 1.54) is 0 Å². The average Bonchev–Trinajstić information content (AvgIpc) is 2.86. The van der Waals surface area contributed by atoms with Crippen LogP contribution in [0.1, 0.15) is 44.0 Å². The first-order valence-corrected chi connectivity index (χ1v) is 13.2. The molecule has 0 aromatic heterocycles. The summed E-state index contributed by atoms with van der Waals surface area (Å²) in [6.45, 7) is 13.3. The molecule has 0 atom stereocenters. The van der Waals surface area contributed by atoms with Gasteiger partial charge in [-0.1, -0.05) is 0 Å². The third-order valence-corrected chi connectivity index (χ3v) is 6.62. The Morgan fingerprint density at radius 3 is 2.27 bits per heavy atom. The fraction of sp³-hybridized carbons (Fsp3) is 0.704. The first kappa shape index (κ1) is 29.0. The van der Waals surface area contributed by atoms with Crippen LogP contribution in [0, 0.1) is 5.92 Å². The van der Waals surface area contributed by atoms with Crippen LogP contribution in [0.4, 0.5) is 10.5 Å². The van der Waals surface area contributed by atoms with E-state index >= 15 is 0 Å². The normalized spacial score (nSPS) is 17.6. The molecule has 1 N–H and O–H groups in total. The number of methoxy groups -OCH3 is 1. The molecule has 1 amide bonds. The quantitative estimate of drug-likeness (QED) is 0.440. The lowest BCUT2D eigenvalue weighted by Crippen LogP contribution is -2.51. The number of piperidine rings is 1. The van der Waals surface area contributed by atoms with E-state index in [1.807, 2.05) is 26.8 Å². The summed E-state index contributed by atoms with van der Waals surface area (Å²) in [4.78, 5) is 30.3. The van der Waals surface area contributed by atoms with Gasteiger partial charge in [-0.2, -0.15) is 0 Å². The van der Waals surface area contributed by atoms with Crippen LogP contribution in [-0.4, -0.2) is 112 Å². The number of rotatable bonds is 11. The van der Waals surface area contributed by atoms with Gasteiger partial charge in [0.05, 0.1) is 31.1 Å². The molecule has 2 saturated heterocycles. The van der Waals surface area contributed by atoms with Gasteiger partial charge < -0.3 is 33.9 Å². The highest BCUT2D eigenvalue weighted by Crippen LogP contribution is 2.33. The van der Waals surface area contributed by atoms with Crippen LogP contribution in [-0.2, 0) is 14.2 Å². The number of anilines is 1. The summed E-state index contributed by atoms with van der Waals surface area (Å²) in [7, 11) is 1.62. The molecule has 3 rings (SSSR count). The molecule has 2 aliphatic heterocycles. The zero-order valence-electron chi connectivity index (χ0n) is 22.7. The van der Waals surface area contributed by atoms with Crippen molar-refractivity contribution in [1.29, 1.82) is 0 Å². The Kier molecular flexibility index (Phi) is 10.8. The summed E-state index contributed by atoms with van der Waals surface area (Å²) in [6, 6.07) is 5.08. The molecule has 1 aromatic rings. The van der Waals surface area contributed by atoms with Crippen molar-refractivity contribution in [2.45, 2.75) is 39.2 Å². The maximum absolute atomic E-state index is 12.3. The minimum Gasteiger partial charge on any atom is -0.489 e. The minimum absolute atomic E-state index is 0.208. The number of hydrogen-bond donors (Lipinski definition) is 1. The zero-order chi connectivity index (χ0) is 26.8. The van der Waals surface area contributed by atoms with E-state index in [1.54, 1.807) is 24.1 Å². The number of amides is 1. The van der Waals surface area contributed by atoms with Gasteiger partial charge in [-0.05, 0) is 57.7 Å². The van der Waals surface area contributed by atoms with Crippen molar-refractivity contribution >= 4 is 17.7 Å². The summed E-state index contributed by atoms with van der Waals surface area (Å²) in [5, 5.41) is 9.43. The molecule has 208 valence electrons. The van der Waals surface area contributed by atoms with Crippen LogP contribution in [0.2, 0.25) is 0 Å². The second-order valence-electron chi connectivity index (χ2n) is 10.6. The van der Waals surface area contributed by atoms with Gasteiger partial charge in [-0.25, -0.2) is 9.59 Å². The lowest BCUT2D eigenvalue weighted by atomic mass is 9.95. The van der Waals surface area contributed by atoms with E-state index in [9.17, 15) is 14.7 Å². The number of benzene rings is 1. The minimum atomic E-state index is -0.974. The Labute approximate surface area is 220 Å². The fourth-order valence-electron chi connectivity index (χ4n) is 4.64. The number of carbonyl (C=O) groups excluding carboxylic acids is 1. The SMILES string of the molecule is COCCOCCOc1cc(C(=O)O)ccc1N1CCC(CN2CCN(C(=O)OC(C)(C)C)CC2)CC1. The molecular weight excluding hydrogens is 478 g/mol. The van der Waals surface area contributed by atoms with Crippen LogP contribution >= 0.6 is 0 Å². The highest BCUT2D eigenvalue weighted by molar-refractivity contribution is 5.89. The Balaban J connectivity index is 1.47. The molecule has 10 heteroatoms. The van der Waals surface area contributed by atoms with Crippen LogP contribution in [0.5, 0.6) is 5.75 Å². The Morgan fingerprint density at radius 2 is 1.65 bits per heavy atom. The lowest BCUT2D eigenvalue weighted by Gasteiger charge is -2.39. The molecule has 1 aromatic carbocycles. The van der Waals surface area contributed by atoms with E-state index in [-0.39, 0.29) is 11.7 Å². The molecule has 37 heavy (non-hydrogen) atoms. The molecule has 0 saturated carbocycles. The van der Waals surface area contributed by atoms with Crippen molar-refractivity contribution in [2.75, 3.05) is 84.3 Å². The second-order valence-corrected chi connectivity index (χ2v) is 10.6. The highest BCUT2D eigenvalue weighted by atomic mass is 16.6. The fourth-order valence-corrected chi connectivity index (χ4v) is 4.64. The number of aromatic carboxylic acids is 1. The van der Waals surface area contributed by atoms with Gasteiger partial charge in [0.2, 0.25) is 0 Å². The number of carbonyl (C=O) groups is 2. The number of carboxylic acid groups (broad SMARTS) is 1. The Hall–Kier alpha value is -2.56. The molecular formula is C27H43N3O7. The molecule has 2 heterocycles. The van der Waals surface area contributed by atoms with E-state index in [4.69, 9.17) is 18.9 Å². The molecule has 10 nitrogen and oxygen atoms in total. The van der Waals surface area contributed by atoms with Crippen molar-refractivity contribution in [2.24, 2.45) is 5.92 Å². The number of piperazine rings is 1. The van der Waals surface area contributed by atoms with Gasteiger partial charge in [0.15, 0.2) is 0 Å². The van der Waals surface area contributed by atoms with Crippen LogP contribution < -0.4 is 9.64 Å². The van der Waals surface area contributed by atoms with Gasteiger partial charge in [-0.15, -0.1) is 0 Å². The monoisotopic (exact) mass is 521 g/mol. The average molecular weight is 522 g/mol. The molecule has 2 aliphatic rings. The summed E-state index contributed by atoms with van der Waals surface area (Å²) in [5.41, 5.74) is 0.657. The van der Waals surface area contributed by atoms with Gasteiger partial charge in [0, 0.05) is 52.9 Å². The lowest BCUT2D eigenvalue weighted by molar-refractivity contribution is 0.0130. The number of hydrogen-bond acceptors (Lipinski definition) is 8. The second kappa shape index (κ2) is 13.8. The molecule has 0 radical (unpaired) electrons. The van der Waals surface area contributed by atoms with Crippen LogP contribution in [0.3, 0.4) is 0 Å². The van der Waals surface area contributed by atoms with Crippen molar-refractivity contribution in [3.8, 4) is 5.75 Å². The Morgan fingerprint density at radius 1 is 0.973 bits per heavy atom. The summed E-state index contributed by atoms with van der Waals surface area (Å²) in [6.07, 6.45) is 1.87. The van der Waals surface area contributed by atoms with Gasteiger partial charge in [-0.3, -0.25) is 4.90 Å². The summed E-state index contributed by atoms with van der Waals surface area (Å²) < 4.78 is 21.9. The summed E-state index contributed by atoms with van der Waals surface area (Å²) >= 11 is 0.